The fourth-order valence-electron chi connectivity index (χ4n) is 2.00. The molecule has 0 saturated heterocycles. The van der Waals surface area contributed by atoms with Gasteiger partial charge in [0.25, 0.3) is 0 Å². The Kier molecular flexibility index (Phi) is 2.75. The fourth-order valence-corrected chi connectivity index (χ4v) is 2.26. The predicted octanol–water partition coefficient (Wildman–Crippen LogP) is 3.81. The Labute approximate surface area is 114 Å². The number of hydrogen-bond acceptors (Lipinski definition) is 2. The first-order valence-corrected chi connectivity index (χ1v) is 6.22. The molecule has 3 rings (SSSR count). The molecular weight excluding hydrogens is 265 g/mol. The van der Waals surface area contributed by atoms with E-state index >= 15 is 0 Å². The largest absolute Gasteiger partial charge is 0.233 e. The van der Waals surface area contributed by atoms with Crippen molar-refractivity contribution < 1.29 is 4.39 Å². The summed E-state index contributed by atoms with van der Waals surface area (Å²) in [6.45, 7) is 3.79. The number of benzene rings is 1. The Morgan fingerprint density at radius 3 is 2.79 bits per heavy atom. The van der Waals surface area contributed by atoms with Gasteiger partial charge in [-0.1, -0.05) is 23.7 Å². The number of aryl methyl sites for hydroxylation is 1. The first-order chi connectivity index (χ1) is 9.08. The van der Waals surface area contributed by atoms with Crippen LogP contribution in [0.2, 0.25) is 5.15 Å². The highest BCUT2D eigenvalue weighted by Crippen LogP contribution is 2.27. The summed E-state index contributed by atoms with van der Waals surface area (Å²) in [5.41, 5.74) is 3.88. The topological polar surface area (TPSA) is 30.2 Å². The molecule has 5 heteroatoms. The van der Waals surface area contributed by atoms with Gasteiger partial charge in [0.15, 0.2) is 5.65 Å². The molecule has 0 aliphatic carbocycles. The van der Waals surface area contributed by atoms with E-state index in [-0.39, 0.29) is 5.82 Å². The van der Waals surface area contributed by atoms with Crippen molar-refractivity contribution in [1.82, 2.24) is 14.6 Å². The average Bonchev–Trinajstić information content (AvgIpc) is 2.80. The van der Waals surface area contributed by atoms with Gasteiger partial charge >= 0.3 is 0 Å². The molecule has 0 bridgehead atoms. The summed E-state index contributed by atoms with van der Waals surface area (Å²) in [6.07, 6.45) is 1.65. The van der Waals surface area contributed by atoms with E-state index in [1.165, 1.54) is 12.1 Å². The highest BCUT2D eigenvalue weighted by molar-refractivity contribution is 6.30. The summed E-state index contributed by atoms with van der Waals surface area (Å²) in [4.78, 5) is 4.50. The molecule has 0 atom stereocenters. The van der Waals surface area contributed by atoms with Crippen LogP contribution < -0.4 is 0 Å². The summed E-state index contributed by atoms with van der Waals surface area (Å²) in [6, 6.07) is 6.36. The third-order valence-corrected chi connectivity index (χ3v) is 3.63. The van der Waals surface area contributed by atoms with Crippen molar-refractivity contribution in [3.63, 3.8) is 0 Å². The molecule has 19 heavy (non-hydrogen) atoms. The van der Waals surface area contributed by atoms with Gasteiger partial charge in [0.1, 0.15) is 11.0 Å². The van der Waals surface area contributed by atoms with Gasteiger partial charge in [-0.2, -0.15) is 5.10 Å². The minimum Gasteiger partial charge on any atom is -0.233 e. The van der Waals surface area contributed by atoms with Gasteiger partial charge in [-0.25, -0.2) is 13.9 Å². The lowest BCUT2D eigenvalue weighted by Crippen LogP contribution is -1.99. The lowest BCUT2D eigenvalue weighted by Gasteiger charge is -2.05. The number of halogens is 2. The SMILES string of the molecule is Cc1nc2c(-c3cccc(F)c3)cnn2c(Cl)c1C. The summed E-state index contributed by atoms with van der Waals surface area (Å²) < 4.78 is 14.9. The number of hydrogen-bond donors (Lipinski definition) is 0. The number of nitrogens with zero attached hydrogens (tertiary/aromatic N) is 3. The second-order valence-electron chi connectivity index (χ2n) is 4.42. The zero-order valence-electron chi connectivity index (χ0n) is 10.5. The van der Waals surface area contributed by atoms with Crippen LogP contribution in [-0.2, 0) is 0 Å². The Hall–Kier alpha value is -1.94. The molecule has 0 unspecified atom stereocenters. The third-order valence-electron chi connectivity index (χ3n) is 3.19. The van der Waals surface area contributed by atoms with E-state index < -0.39 is 0 Å². The molecular formula is C14H11ClFN3. The van der Waals surface area contributed by atoms with Crippen molar-refractivity contribution in [2.45, 2.75) is 13.8 Å². The monoisotopic (exact) mass is 275 g/mol. The van der Waals surface area contributed by atoms with Gasteiger partial charge in [0.05, 0.1) is 6.20 Å². The molecule has 0 spiro atoms. The Bertz CT molecular complexity index is 780. The minimum absolute atomic E-state index is 0.285. The van der Waals surface area contributed by atoms with E-state index in [2.05, 4.69) is 10.1 Å². The molecule has 0 aliphatic rings. The van der Waals surface area contributed by atoms with Crippen LogP contribution >= 0.6 is 11.6 Å². The van der Waals surface area contributed by atoms with Gasteiger partial charge in [0.2, 0.25) is 0 Å². The summed E-state index contributed by atoms with van der Waals surface area (Å²) in [7, 11) is 0. The molecule has 1 aromatic carbocycles. The summed E-state index contributed by atoms with van der Waals surface area (Å²) in [5.74, 6) is -0.285. The van der Waals surface area contributed by atoms with Crippen LogP contribution in [0.25, 0.3) is 16.8 Å². The van der Waals surface area contributed by atoms with Crippen LogP contribution in [0.1, 0.15) is 11.3 Å². The quantitative estimate of drug-likeness (QED) is 0.632. The highest BCUT2D eigenvalue weighted by atomic mass is 35.5. The zero-order valence-corrected chi connectivity index (χ0v) is 11.2. The molecule has 0 fully saturated rings. The van der Waals surface area contributed by atoms with Crippen LogP contribution in [0.4, 0.5) is 4.39 Å². The van der Waals surface area contributed by atoms with Gasteiger partial charge in [-0.3, -0.25) is 0 Å². The van der Waals surface area contributed by atoms with Crippen LogP contribution in [0.5, 0.6) is 0 Å². The molecule has 3 aromatic rings. The Morgan fingerprint density at radius 1 is 1.26 bits per heavy atom. The highest BCUT2D eigenvalue weighted by Gasteiger charge is 2.13. The van der Waals surface area contributed by atoms with E-state index in [1.54, 1.807) is 16.8 Å². The predicted molar refractivity (Wildman–Crippen MR) is 72.9 cm³/mol. The Balaban J connectivity index is 2.32. The molecule has 2 aromatic heterocycles. The maximum Gasteiger partial charge on any atom is 0.164 e. The number of rotatable bonds is 1. The molecule has 0 aliphatic heterocycles. The molecule has 96 valence electrons. The second-order valence-corrected chi connectivity index (χ2v) is 4.78. The average molecular weight is 276 g/mol. The van der Waals surface area contributed by atoms with E-state index in [9.17, 15) is 4.39 Å². The first kappa shape index (κ1) is 12.1. The van der Waals surface area contributed by atoms with Crippen molar-refractivity contribution in [1.29, 1.82) is 0 Å². The van der Waals surface area contributed by atoms with Gasteiger partial charge in [-0.05, 0) is 31.5 Å². The smallest absolute Gasteiger partial charge is 0.164 e. The number of fused-ring (bicyclic) bond motifs is 1. The zero-order chi connectivity index (χ0) is 13.6. The molecule has 0 amide bonds. The second kappa shape index (κ2) is 4.31. The normalized spacial score (nSPS) is 11.2. The number of aromatic nitrogens is 3. The van der Waals surface area contributed by atoms with Crippen LogP contribution in [-0.4, -0.2) is 14.6 Å². The molecule has 2 heterocycles. The molecule has 3 nitrogen and oxygen atoms in total. The van der Waals surface area contributed by atoms with E-state index in [1.807, 2.05) is 19.9 Å². The summed E-state index contributed by atoms with van der Waals surface area (Å²) in [5, 5.41) is 4.76. The van der Waals surface area contributed by atoms with Crippen LogP contribution in [0, 0.1) is 19.7 Å². The standard InChI is InChI=1S/C14H11ClFN3/c1-8-9(2)18-14-12(7-17-19(14)13(8)15)10-4-3-5-11(16)6-10/h3-7H,1-2H3. The summed E-state index contributed by atoms with van der Waals surface area (Å²) >= 11 is 6.25. The van der Waals surface area contributed by atoms with E-state index in [0.29, 0.717) is 10.8 Å². The Morgan fingerprint density at radius 2 is 2.05 bits per heavy atom. The maximum absolute atomic E-state index is 13.3. The van der Waals surface area contributed by atoms with Gasteiger partial charge in [0, 0.05) is 16.8 Å². The van der Waals surface area contributed by atoms with Crippen LogP contribution in [0.3, 0.4) is 0 Å². The first-order valence-electron chi connectivity index (χ1n) is 5.84. The fraction of sp³-hybridized carbons (Fsp3) is 0.143. The van der Waals surface area contributed by atoms with Crippen molar-refractivity contribution in [2.24, 2.45) is 0 Å². The maximum atomic E-state index is 13.3. The molecule has 0 N–H and O–H groups in total. The molecule has 0 saturated carbocycles. The van der Waals surface area contributed by atoms with Crippen molar-refractivity contribution in [2.75, 3.05) is 0 Å². The lowest BCUT2D eigenvalue weighted by atomic mass is 10.1. The van der Waals surface area contributed by atoms with Gasteiger partial charge in [-0.15, -0.1) is 0 Å². The van der Waals surface area contributed by atoms with Crippen molar-refractivity contribution in [3.8, 4) is 11.1 Å². The molecule has 0 radical (unpaired) electrons. The van der Waals surface area contributed by atoms with Crippen molar-refractivity contribution in [3.05, 3.63) is 52.7 Å². The van der Waals surface area contributed by atoms with Gasteiger partial charge < -0.3 is 0 Å². The lowest BCUT2D eigenvalue weighted by molar-refractivity contribution is 0.628. The van der Waals surface area contributed by atoms with Crippen molar-refractivity contribution >= 4 is 17.2 Å². The van der Waals surface area contributed by atoms with E-state index in [0.717, 1.165) is 22.4 Å². The van der Waals surface area contributed by atoms with E-state index in [4.69, 9.17) is 11.6 Å². The third kappa shape index (κ3) is 1.88. The minimum atomic E-state index is -0.285. The van der Waals surface area contributed by atoms with Crippen LogP contribution in [0.15, 0.2) is 30.5 Å².